The van der Waals surface area contributed by atoms with Crippen LogP contribution in [0, 0.1) is 23.7 Å². The number of carbonyl (C=O) groups is 14. The molecule has 2 rings (SSSR count). The Bertz CT molecular complexity index is 2980. The number of aliphatic hydroxyl groups is 3. The molecule has 0 radical (unpaired) electrons. The lowest BCUT2D eigenvalue weighted by Crippen LogP contribution is -2.63. The van der Waals surface area contributed by atoms with Crippen molar-refractivity contribution in [3.8, 4) is 0 Å². The molecule has 13 atom stereocenters. The van der Waals surface area contributed by atoms with Gasteiger partial charge in [-0.25, -0.2) is 4.79 Å². The molecule has 0 aliphatic rings. The van der Waals surface area contributed by atoms with E-state index in [-0.39, 0.29) is 32.2 Å². The summed E-state index contributed by atoms with van der Waals surface area (Å²) >= 11 is 0. The van der Waals surface area contributed by atoms with Crippen LogP contribution in [-0.2, 0) is 73.5 Å². The summed E-state index contributed by atoms with van der Waals surface area (Å²) in [6, 6.07) is -9.77. The van der Waals surface area contributed by atoms with Gasteiger partial charge in [-0.3, -0.25) is 62.3 Å². The molecule has 0 unspecified atom stereocenters. The van der Waals surface area contributed by atoms with Crippen molar-refractivity contribution in [1.82, 2.24) is 58.2 Å². The number of carboxylic acids is 1. The van der Waals surface area contributed by atoms with Crippen molar-refractivity contribution in [2.24, 2.45) is 46.6 Å². The van der Waals surface area contributed by atoms with Crippen molar-refractivity contribution in [1.29, 1.82) is 0 Å². The van der Waals surface area contributed by atoms with E-state index in [0.29, 0.717) is 41.6 Å². The van der Waals surface area contributed by atoms with Gasteiger partial charge in [0, 0.05) is 23.5 Å². The van der Waals surface area contributed by atoms with E-state index in [9.17, 15) is 87.5 Å². The minimum absolute atomic E-state index is 0.101. The van der Waals surface area contributed by atoms with Crippen molar-refractivity contribution in [2.45, 2.75) is 225 Å². The number of amides is 13. The number of nitrogens with one attached hydrogen (secondary N) is 11. The Morgan fingerprint density at radius 3 is 1.40 bits per heavy atom. The first kappa shape index (κ1) is 83.3. The number of hydrogen-bond acceptors (Lipinski definition) is 18. The van der Waals surface area contributed by atoms with Gasteiger partial charge >= 0.3 is 5.97 Å². The van der Waals surface area contributed by atoms with Crippen LogP contribution in [-0.4, -0.2) is 194 Å². The summed E-state index contributed by atoms with van der Waals surface area (Å²) in [5.74, 6) is -17.1. The summed E-state index contributed by atoms with van der Waals surface area (Å²) in [5, 5.41) is 66.1. The molecule has 1 heterocycles. The van der Waals surface area contributed by atoms with Crippen LogP contribution in [0.5, 0.6) is 0 Å². The molecule has 0 saturated carbocycles. The van der Waals surface area contributed by atoms with E-state index in [2.05, 4.69) is 72.0 Å². The minimum Gasteiger partial charge on any atom is -0.480 e. The largest absolute Gasteiger partial charge is 0.480 e. The third-order valence-corrected chi connectivity index (χ3v) is 15.8. The molecule has 0 aliphatic carbocycles. The molecule has 2 aromatic rings. The third-order valence-electron chi connectivity index (χ3n) is 15.8. The molecule has 96 heavy (non-hydrogen) atoms. The Labute approximate surface area is 558 Å². The number of aromatic nitrogens is 1. The number of aliphatic carboxylic acids is 1. The summed E-state index contributed by atoms with van der Waals surface area (Å²) in [6.45, 7) is 13.6. The average molecular weight is 1360 g/mol. The zero-order chi connectivity index (χ0) is 72.7. The van der Waals surface area contributed by atoms with Crippen molar-refractivity contribution in [2.75, 3.05) is 13.2 Å². The highest BCUT2D eigenvalue weighted by atomic mass is 16.4. The van der Waals surface area contributed by atoms with Gasteiger partial charge in [-0.1, -0.05) is 106 Å². The number of rotatable bonds is 46. The second-order valence-corrected chi connectivity index (χ2v) is 25.3. The van der Waals surface area contributed by atoms with Gasteiger partial charge in [0.05, 0.1) is 44.5 Å². The Morgan fingerprint density at radius 2 is 0.885 bits per heavy atom. The zero-order valence-electron chi connectivity index (χ0n) is 56.3. The highest BCUT2D eigenvalue weighted by Crippen LogP contribution is 2.21. The van der Waals surface area contributed by atoms with Gasteiger partial charge in [-0.15, -0.1) is 0 Å². The second-order valence-electron chi connectivity index (χ2n) is 25.3. The van der Waals surface area contributed by atoms with Crippen LogP contribution < -0.4 is 76.1 Å². The molecule has 23 N–H and O–H groups in total. The first-order valence-electron chi connectivity index (χ1n) is 32.4. The quantitative estimate of drug-likeness (QED) is 0.0286. The molecular formula is C63H103N15O18. The highest BCUT2D eigenvalue weighted by molar-refractivity contribution is 6.01. The van der Waals surface area contributed by atoms with Crippen molar-refractivity contribution >= 4 is 93.7 Å². The Morgan fingerprint density at radius 1 is 0.469 bits per heavy atom. The predicted molar refractivity (Wildman–Crippen MR) is 350 cm³/mol. The van der Waals surface area contributed by atoms with Gasteiger partial charge in [-0.2, -0.15) is 0 Å². The number of para-hydroxylation sites is 1. The summed E-state index contributed by atoms with van der Waals surface area (Å²) in [4.78, 5) is 191. The first-order valence-corrected chi connectivity index (χ1v) is 32.4. The lowest BCUT2D eigenvalue weighted by atomic mass is 9.98. The fraction of sp³-hybridized carbons (Fsp3) is 0.651. The Hall–Kier alpha value is -8.82. The van der Waals surface area contributed by atoms with Gasteiger partial charge < -0.3 is 102 Å². The normalized spacial score (nSPS) is 15.5. The summed E-state index contributed by atoms with van der Waals surface area (Å²) in [5.41, 5.74) is 23.3. The van der Waals surface area contributed by atoms with Crippen LogP contribution in [0.1, 0.15) is 151 Å². The van der Waals surface area contributed by atoms with Crippen LogP contribution in [0.4, 0.5) is 0 Å². The van der Waals surface area contributed by atoms with Crippen LogP contribution in [0.2, 0.25) is 0 Å². The number of H-pyrrole nitrogens is 1. The molecule has 0 bridgehead atoms. The molecular weight excluding hydrogens is 1250 g/mol. The molecule has 1 aromatic heterocycles. The van der Waals surface area contributed by atoms with E-state index in [1.807, 2.05) is 0 Å². The topological polar surface area (TPSA) is 560 Å². The molecule has 0 saturated heterocycles. The smallest absolute Gasteiger partial charge is 0.326 e. The molecule has 33 heteroatoms. The maximum Gasteiger partial charge on any atom is 0.326 e. The number of benzene rings is 1. The Kier molecular flexibility index (Phi) is 36.3. The van der Waals surface area contributed by atoms with Crippen LogP contribution in [0.25, 0.3) is 10.9 Å². The number of primary amides is 3. The van der Waals surface area contributed by atoms with Crippen molar-refractivity contribution < 1.29 is 87.5 Å². The van der Waals surface area contributed by atoms with Crippen molar-refractivity contribution in [3.05, 3.63) is 36.0 Å². The lowest BCUT2D eigenvalue weighted by molar-refractivity contribution is -0.144. The summed E-state index contributed by atoms with van der Waals surface area (Å²) in [7, 11) is 0. The Balaban J connectivity index is 2.37. The van der Waals surface area contributed by atoms with Gasteiger partial charge in [-0.05, 0) is 74.5 Å². The van der Waals surface area contributed by atoms with Crippen LogP contribution >= 0.6 is 0 Å². The monoisotopic (exact) mass is 1360 g/mol. The molecule has 538 valence electrons. The number of nitrogens with two attached hydrogens (primary N) is 4. The lowest BCUT2D eigenvalue weighted by Gasteiger charge is -2.30. The predicted octanol–water partition coefficient (Wildman–Crippen LogP) is -3.51. The second kappa shape index (κ2) is 41.9. The molecule has 1 aromatic carbocycles. The number of carbonyl (C=O) groups excluding carboxylic acids is 13. The highest BCUT2D eigenvalue weighted by Gasteiger charge is 2.39. The third kappa shape index (κ3) is 29.0. The van der Waals surface area contributed by atoms with E-state index < -0.39 is 205 Å². The van der Waals surface area contributed by atoms with E-state index in [4.69, 9.17) is 22.9 Å². The van der Waals surface area contributed by atoms with Gasteiger partial charge in [0.2, 0.25) is 76.8 Å². The van der Waals surface area contributed by atoms with Crippen LogP contribution in [0.3, 0.4) is 0 Å². The van der Waals surface area contributed by atoms with Gasteiger partial charge in [0.25, 0.3) is 0 Å². The average Bonchev–Trinajstić information content (AvgIpc) is 1.60. The number of aliphatic hydroxyl groups excluding tert-OH is 3. The number of unbranched alkanes of at least 4 members (excludes halogenated alkanes) is 3. The number of aromatic amines is 1. The van der Waals surface area contributed by atoms with Crippen LogP contribution in [0.15, 0.2) is 30.5 Å². The maximum atomic E-state index is 14.2. The van der Waals surface area contributed by atoms with E-state index in [1.54, 1.807) is 44.3 Å². The molecule has 0 spiro atoms. The fourth-order valence-electron chi connectivity index (χ4n) is 10.1. The number of hydrogen-bond donors (Lipinski definition) is 19. The van der Waals surface area contributed by atoms with Gasteiger partial charge in [0.15, 0.2) is 0 Å². The molecule has 13 amide bonds. The number of carboxylic acid groups (broad SMARTS) is 1. The van der Waals surface area contributed by atoms with Crippen molar-refractivity contribution in [3.63, 3.8) is 0 Å². The fourth-order valence-corrected chi connectivity index (χ4v) is 10.1. The SMILES string of the molecule is CC[C@@H](C)[C@@H](NC(=O)[C@H](Cc1c[nH]c2ccccc12)NC(=O)[C@H](CO)NC(=O)[C@H](NC(=O)[C@H](CCCCN)NC(=O)[C@@H](CC(N)=O)NC(=O)[C@H](CC(N)=O)NC(=O)[C@H](NC(=O)[C@@H](NC(=O)[C@@H](CC(N)=O)NC(=O)C[C@H](O)CCCCCC(C)C)C(C)C)C(C)C)[C@@H](C)O)C(=O)O. The van der Waals surface area contributed by atoms with E-state index in [0.717, 1.165) is 26.2 Å². The summed E-state index contributed by atoms with van der Waals surface area (Å²) in [6.07, 6.45) is -0.137. The molecule has 0 aliphatic heterocycles. The standard InChI is InChI=1S/C63H103N15O18/c1-10-34(8)52(63(95)96)77-57(89)41(24-36-29-68-39-21-15-14-20-38(36)39)71-59(91)45(30-79)74-62(94)53(35(9)80)78-54(86)40(22-16-17-23-64)70-55(87)43(27-47(66)83)72-56(88)44(28-48(67)84)73-60(92)50(32(4)5)76-61(93)51(33(6)7)75-58(90)42(26-46(65)82)69-49(85)25-37(81)19-13-11-12-18-31(2)3/h14-15,20-21,29,31-35,37,40-45,50-53,68,79-81H,10-13,16-19,22-28,30,64H2,1-9H3,(H2,65,82)(H2,66,83)(H2,67,84)(H,69,85)(H,70,87)(H,71,91)(H,72,88)(H,73,92)(H,74,94)(H,75,90)(H,76,93)(H,77,89)(H,78,86)(H,95,96)/t34-,35-,37-,40+,41+,42-,43-,44+,45+,50-,51+,52-,53-/m1/s1. The molecule has 0 fully saturated rings. The van der Waals surface area contributed by atoms with E-state index in [1.165, 1.54) is 27.7 Å². The first-order chi connectivity index (χ1) is 45.0. The summed E-state index contributed by atoms with van der Waals surface area (Å²) < 4.78 is 0. The maximum absolute atomic E-state index is 14.2. The van der Waals surface area contributed by atoms with Gasteiger partial charge in [0.1, 0.15) is 60.4 Å². The molecule has 33 nitrogen and oxygen atoms in total. The zero-order valence-corrected chi connectivity index (χ0v) is 56.3. The van der Waals surface area contributed by atoms with E-state index >= 15 is 0 Å². The number of fused-ring (bicyclic) bond motifs is 1. The minimum atomic E-state index is -1.97.